The molecule has 0 aliphatic carbocycles. The highest BCUT2D eigenvalue weighted by molar-refractivity contribution is 6.03. The number of nitrogens with zero attached hydrogens (tertiary/aromatic N) is 2. The van der Waals surface area contributed by atoms with Crippen LogP contribution in [0.2, 0.25) is 0 Å². The summed E-state index contributed by atoms with van der Waals surface area (Å²) in [6, 6.07) is 11.5. The number of carbonyl (C=O) groups is 1. The van der Waals surface area contributed by atoms with Crippen LogP contribution in [-0.4, -0.2) is 23.9 Å². The number of carbonyl (C=O) groups excluding carboxylic acids is 1. The van der Waals surface area contributed by atoms with E-state index in [0.29, 0.717) is 24.3 Å². The molecule has 0 bridgehead atoms. The third kappa shape index (κ3) is 2.42. The van der Waals surface area contributed by atoms with Crippen molar-refractivity contribution in [3.05, 3.63) is 59.4 Å². The van der Waals surface area contributed by atoms with Gasteiger partial charge in [0.1, 0.15) is 5.82 Å². The summed E-state index contributed by atoms with van der Waals surface area (Å²) in [6.45, 7) is 0.212. The average molecular weight is 312 g/mol. The largest absolute Gasteiger partial charge is 0.454 e. The van der Waals surface area contributed by atoms with Crippen LogP contribution in [0, 0.1) is 5.82 Å². The average Bonchev–Trinajstić information content (AvgIpc) is 3.21. The van der Waals surface area contributed by atoms with E-state index in [1.54, 1.807) is 12.1 Å². The number of benzene rings is 2. The molecule has 2 aromatic rings. The first-order valence-corrected chi connectivity index (χ1v) is 7.21. The van der Waals surface area contributed by atoms with E-state index < -0.39 is 0 Å². The molecule has 5 nitrogen and oxygen atoms in total. The van der Waals surface area contributed by atoms with Gasteiger partial charge in [-0.2, -0.15) is 5.10 Å². The number of hydrogen-bond donors (Lipinski definition) is 0. The fourth-order valence-corrected chi connectivity index (χ4v) is 2.83. The lowest BCUT2D eigenvalue weighted by Crippen LogP contribution is -2.17. The van der Waals surface area contributed by atoms with Crippen LogP contribution >= 0.6 is 0 Å². The van der Waals surface area contributed by atoms with Crippen LogP contribution in [0.4, 0.5) is 4.39 Å². The zero-order valence-electron chi connectivity index (χ0n) is 12.1. The fourth-order valence-electron chi connectivity index (χ4n) is 2.83. The summed E-state index contributed by atoms with van der Waals surface area (Å²) in [5.74, 6) is 1.07. The molecular weight excluding hydrogens is 299 g/mol. The highest BCUT2D eigenvalue weighted by atomic mass is 19.1. The molecule has 0 saturated heterocycles. The Morgan fingerprint density at radius 2 is 1.91 bits per heavy atom. The van der Waals surface area contributed by atoms with Gasteiger partial charge in [0.05, 0.1) is 11.8 Å². The van der Waals surface area contributed by atoms with E-state index in [1.165, 1.54) is 17.1 Å². The monoisotopic (exact) mass is 312 g/mol. The minimum atomic E-state index is -0.304. The lowest BCUT2D eigenvalue weighted by atomic mass is 9.98. The number of fused-ring (bicyclic) bond motifs is 1. The minimum absolute atomic E-state index is 0.212. The van der Waals surface area contributed by atoms with Gasteiger partial charge in [0.2, 0.25) is 13.2 Å². The van der Waals surface area contributed by atoms with Crippen LogP contribution in [0.1, 0.15) is 23.6 Å². The van der Waals surface area contributed by atoms with Gasteiger partial charge in [0.15, 0.2) is 11.5 Å². The molecule has 4 rings (SSSR count). The molecule has 1 atom stereocenters. The fraction of sp³-hybridized carbons (Fsp3) is 0.176. The first-order chi connectivity index (χ1) is 11.2. The highest BCUT2D eigenvalue weighted by Crippen LogP contribution is 2.36. The summed E-state index contributed by atoms with van der Waals surface area (Å²) in [5, 5.41) is 5.74. The molecule has 2 heterocycles. The Labute approximate surface area is 131 Å². The van der Waals surface area contributed by atoms with E-state index in [0.717, 1.165) is 16.8 Å². The Morgan fingerprint density at radius 1 is 1.13 bits per heavy atom. The molecule has 0 aromatic heterocycles. The summed E-state index contributed by atoms with van der Waals surface area (Å²) < 4.78 is 23.8. The Hall–Kier alpha value is -2.89. The van der Waals surface area contributed by atoms with Crippen LogP contribution in [-0.2, 0) is 4.79 Å². The standard InChI is InChI=1S/C17H13FN2O3/c18-13-4-1-11(2-5-13)15-8-14(19-20(15)9-21)12-3-6-16-17(7-12)23-10-22-16/h1-7,9,15H,8,10H2/t15-/m0/s1. The van der Waals surface area contributed by atoms with Crippen LogP contribution in [0.15, 0.2) is 47.6 Å². The number of amides is 1. The molecule has 23 heavy (non-hydrogen) atoms. The lowest BCUT2D eigenvalue weighted by molar-refractivity contribution is -0.119. The van der Waals surface area contributed by atoms with Crippen LogP contribution in [0.5, 0.6) is 11.5 Å². The Bertz CT molecular complexity index is 789. The van der Waals surface area contributed by atoms with Crippen LogP contribution in [0.25, 0.3) is 0 Å². The molecule has 2 aromatic carbocycles. The van der Waals surface area contributed by atoms with E-state index in [2.05, 4.69) is 5.10 Å². The van der Waals surface area contributed by atoms with E-state index in [-0.39, 0.29) is 18.7 Å². The molecule has 0 unspecified atom stereocenters. The van der Waals surface area contributed by atoms with Gasteiger partial charge < -0.3 is 9.47 Å². The van der Waals surface area contributed by atoms with Gasteiger partial charge in [-0.3, -0.25) is 4.79 Å². The number of ether oxygens (including phenoxy) is 2. The second-order valence-corrected chi connectivity index (χ2v) is 5.37. The number of rotatable bonds is 3. The van der Waals surface area contributed by atoms with Crippen molar-refractivity contribution in [2.45, 2.75) is 12.5 Å². The predicted molar refractivity (Wildman–Crippen MR) is 80.8 cm³/mol. The minimum Gasteiger partial charge on any atom is -0.454 e. The number of hydrogen-bond acceptors (Lipinski definition) is 4. The third-order valence-corrected chi connectivity index (χ3v) is 4.01. The van der Waals surface area contributed by atoms with Gasteiger partial charge in [-0.15, -0.1) is 0 Å². The summed E-state index contributed by atoms with van der Waals surface area (Å²) in [4.78, 5) is 11.3. The maximum atomic E-state index is 13.1. The number of hydrazone groups is 1. The van der Waals surface area contributed by atoms with E-state index >= 15 is 0 Å². The number of halogens is 1. The molecule has 0 N–H and O–H groups in total. The van der Waals surface area contributed by atoms with Crippen molar-refractivity contribution < 1.29 is 18.7 Å². The second kappa shape index (κ2) is 5.39. The van der Waals surface area contributed by atoms with Crippen molar-refractivity contribution in [2.75, 3.05) is 6.79 Å². The van der Waals surface area contributed by atoms with Crippen molar-refractivity contribution in [2.24, 2.45) is 5.10 Å². The molecule has 2 aliphatic rings. The van der Waals surface area contributed by atoms with Gasteiger partial charge in [-0.1, -0.05) is 12.1 Å². The summed E-state index contributed by atoms with van der Waals surface area (Å²) in [6.07, 6.45) is 1.25. The smallest absolute Gasteiger partial charge is 0.231 e. The Kier molecular flexibility index (Phi) is 3.22. The van der Waals surface area contributed by atoms with Gasteiger partial charge in [0.25, 0.3) is 0 Å². The molecule has 6 heteroatoms. The Balaban J connectivity index is 1.63. The molecule has 0 radical (unpaired) electrons. The zero-order chi connectivity index (χ0) is 15.8. The topological polar surface area (TPSA) is 51.1 Å². The molecule has 0 spiro atoms. The van der Waals surface area contributed by atoms with Gasteiger partial charge in [-0.25, -0.2) is 9.40 Å². The van der Waals surface area contributed by atoms with Crippen LogP contribution < -0.4 is 9.47 Å². The molecule has 1 amide bonds. The van der Waals surface area contributed by atoms with E-state index in [4.69, 9.17) is 9.47 Å². The SMILES string of the molecule is O=CN1N=C(c2ccc3c(c2)OCO3)C[C@H]1c1ccc(F)cc1. The molecule has 116 valence electrons. The summed E-state index contributed by atoms with van der Waals surface area (Å²) in [7, 11) is 0. The Morgan fingerprint density at radius 3 is 2.70 bits per heavy atom. The second-order valence-electron chi connectivity index (χ2n) is 5.37. The first-order valence-electron chi connectivity index (χ1n) is 7.21. The van der Waals surface area contributed by atoms with Gasteiger partial charge >= 0.3 is 0 Å². The molecule has 0 fully saturated rings. The molecule has 2 aliphatic heterocycles. The summed E-state index contributed by atoms with van der Waals surface area (Å²) >= 11 is 0. The first kappa shape index (κ1) is 13.8. The summed E-state index contributed by atoms with van der Waals surface area (Å²) in [5.41, 5.74) is 2.51. The van der Waals surface area contributed by atoms with Crippen molar-refractivity contribution in [1.29, 1.82) is 0 Å². The van der Waals surface area contributed by atoms with Crippen molar-refractivity contribution in [3.63, 3.8) is 0 Å². The maximum Gasteiger partial charge on any atom is 0.231 e. The van der Waals surface area contributed by atoms with E-state index in [9.17, 15) is 9.18 Å². The van der Waals surface area contributed by atoms with E-state index in [1.807, 2.05) is 18.2 Å². The quantitative estimate of drug-likeness (QED) is 0.819. The molecule has 0 saturated carbocycles. The van der Waals surface area contributed by atoms with Crippen molar-refractivity contribution in [1.82, 2.24) is 5.01 Å². The molecular formula is C17H13FN2O3. The highest BCUT2D eigenvalue weighted by Gasteiger charge is 2.29. The zero-order valence-corrected chi connectivity index (χ0v) is 12.1. The maximum absolute atomic E-state index is 13.1. The van der Waals surface area contributed by atoms with Crippen LogP contribution in [0.3, 0.4) is 0 Å². The lowest BCUT2D eigenvalue weighted by Gasteiger charge is -2.17. The van der Waals surface area contributed by atoms with Gasteiger partial charge in [0, 0.05) is 12.0 Å². The van der Waals surface area contributed by atoms with Crippen molar-refractivity contribution >= 4 is 12.1 Å². The predicted octanol–water partition coefficient (Wildman–Crippen LogP) is 2.86. The third-order valence-electron chi connectivity index (χ3n) is 4.01. The van der Waals surface area contributed by atoms with Crippen molar-refractivity contribution in [3.8, 4) is 11.5 Å². The van der Waals surface area contributed by atoms with Gasteiger partial charge in [-0.05, 0) is 35.9 Å². The normalized spacial score (nSPS) is 18.9.